The summed E-state index contributed by atoms with van der Waals surface area (Å²) in [6.07, 6.45) is 3.00. The fourth-order valence-corrected chi connectivity index (χ4v) is 0.767. The highest BCUT2D eigenvalue weighted by molar-refractivity contribution is 5.87. The molecule has 0 spiro atoms. The Morgan fingerprint density at radius 1 is 1.69 bits per heavy atom. The predicted molar refractivity (Wildman–Crippen MR) is 45.3 cm³/mol. The van der Waals surface area contributed by atoms with Crippen LogP contribution in [0.15, 0.2) is 18.5 Å². The highest BCUT2D eigenvalue weighted by Gasteiger charge is 1.97. The standard InChI is InChI=1S/C9H7NO3/c1-13-8-6-10-5-4-7(8)2-3-9(11)12/h4-6H,1H3,(H,11,12). The summed E-state index contributed by atoms with van der Waals surface area (Å²) in [4.78, 5) is 13.9. The van der Waals surface area contributed by atoms with Gasteiger partial charge in [0.2, 0.25) is 0 Å². The van der Waals surface area contributed by atoms with Crippen LogP contribution in [0.25, 0.3) is 0 Å². The Hall–Kier alpha value is -2.02. The number of rotatable bonds is 1. The minimum Gasteiger partial charge on any atom is -0.494 e. The van der Waals surface area contributed by atoms with Crippen molar-refractivity contribution < 1.29 is 14.6 Å². The molecule has 0 saturated carbocycles. The van der Waals surface area contributed by atoms with E-state index >= 15 is 0 Å². The van der Waals surface area contributed by atoms with Gasteiger partial charge in [-0.2, -0.15) is 0 Å². The lowest BCUT2D eigenvalue weighted by Gasteiger charge is -1.99. The zero-order valence-electron chi connectivity index (χ0n) is 6.94. The van der Waals surface area contributed by atoms with E-state index in [1.807, 2.05) is 5.92 Å². The Morgan fingerprint density at radius 3 is 3.08 bits per heavy atom. The Kier molecular flexibility index (Phi) is 2.87. The molecule has 0 aliphatic heterocycles. The molecule has 0 unspecified atom stereocenters. The van der Waals surface area contributed by atoms with Crippen molar-refractivity contribution in [3.63, 3.8) is 0 Å². The van der Waals surface area contributed by atoms with Gasteiger partial charge in [-0.3, -0.25) is 4.98 Å². The van der Waals surface area contributed by atoms with Crippen LogP contribution in [-0.2, 0) is 4.79 Å². The molecule has 0 aromatic carbocycles. The van der Waals surface area contributed by atoms with Crippen molar-refractivity contribution in [1.82, 2.24) is 4.98 Å². The van der Waals surface area contributed by atoms with E-state index in [-0.39, 0.29) is 0 Å². The molecule has 0 fully saturated rings. The number of hydrogen-bond donors (Lipinski definition) is 1. The van der Waals surface area contributed by atoms with E-state index in [2.05, 4.69) is 10.9 Å². The molecule has 1 aromatic rings. The molecule has 0 aliphatic rings. The van der Waals surface area contributed by atoms with Crippen molar-refractivity contribution in [2.75, 3.05) is 7.11 Å². The van der Waals surface area contributed by atoms with Crippen LogP contribution in [0.1, 0.15) is 5.56 Å². The van der Waals surface area contributed by atoms with E-state index in [4.69, 9.17) is 9.84 Å². The number of hydrogen-bond acceptors (Lipinski definition) is 3. The third kappa shape index (κ3) is 2.49. The molecule has 13 heavy (non-hydrogen) atoms. The maximum Gasteiger partial charge on any atom is 0.382 e. The Labute approximate surface area is 75.2 Å². The molecule has 1 aromatic heterocycles. The molecular formula is C9H7NO3. The van der Waals surface area contributed by atoms with Gasteiger partial charge in [-0.25, -0.2) is 4.79 Å². The maximum absolute atomic E-state index is 10.1. The summed E-state index contributed by atoms with van der Waals surface area (Å²) in [6.45, 7) is 0. The van der Waals surface area contributed by atoms with Gasteiger partial charge in [0, 0.05) is 12.1 Å². The van der Waals surface area contributed by atoms with Crippen molar-refractivity contribution in [2.45, 2.75) is 0 Å². The van der Waals surface area contributed by atoms with Crippen LogP contribution in [0.4, 0.5) is 0 Å². The SMILES string of the molecule is COc1cnccc1C#CC(=O)O. The first-order valence-corrected chi connectivity index (χ1v) is 3.47. The van der Waals surface area contributed by atoms with Gasteiger partial charge in [-0.15, -0.1) is 0 Å². The van der Waals surface area contributed by atoms with Gasteiger partial charge in [0.25, 0.3) is 0 Å². The monoisotopic (exact) mass is 177 g/mol. The average molecular weight is 177 g/mol. The highest BCUT2D eigenvalue weighted by Crippen LogP contribution is 2.13. The first kappa shape index (κ1) is 9.07. The van der Waals surface area contributed by atoms with Crippen LogP contribution in [0, 0.1) is 11.8 Å². The van der Waals surface area contributed by atoms with E-state index in [9.17, 15) is 4.79 Å². The van der Waals surface area contributed by atoms with Crippen LogP contribution in [0.5, 0.6) is 5.75 Å². The molecule has 66 valence electrons. The first-order chi connectivity index (χ1) is 6.24. The summed E-state index contributed by atoms with van der Waals surface area (Å²) in [7, 11) is 1.48. The first-order valence-electron chi connectivity index (χ1n) is 3.47. The molecule has 0 amide bonds. The molecular weight excluding hydrogens is 170 g/mol. The summed E-state index contributed by atoms with van der Waals surface area (Å²) < 4.78 is 4.92. The lowest BCUT2D eigenvalue weighted by atomic mass is 10.2. The van der Waals surface area contributed by atoms with Gasteiger partial charge in [0.1, 0.15) is 0 Å². The van der Waals surface area contributed by atoms with Crippen LogP contribution in [0.3, 0.4) is 0 Å². The largest absolute Gasteiger partial charge is 0.494 e. The lowest BCUT2D eigenvalue weighted by molar-refractivity contribution is -0.130. The summed E-state index contributed by atoms with van der Waals surface area (Å²) in [5.74, 6) is 3.75. The second-order valence-corrected chi connectivity index (χ2v) is 2.13. The maximum atomic E-state index is 10.1. The molecule has 1 N–H and O–H groups in total. The number of ether oxygens (including phenoxy) is 1. The normalized spacial score (nSPS) is 8.38. The van der Waals surface area contributed by atoms with Gasteiger partial charge in [0.05, 0.1) is 18.9 Å². The van der Waals surface area contributed by atoms with Crippen LogP contribution in [-0.4, -0.2) is 23.2 Å². The van der Waals surface area contributed by atoms with Crippen LogP contribution in [0.2, 0.25) is 0 Å². The van der Waals surface area contributed by atoms with Gasteiger partial charge in [-0.1, -0.05) is 5.92 Å². The molecule has 0 atom stereocenters. The smallest absolute Gasteiger partial charge is 0.382 e. The molecule has 4 heteroatoms. The average Bonchev–Trinajstić information content (AvgIpc) is 2.15. The molecule has 0 bridgehead atoms. The highest BCUT2D eigenvalue weighted by atomic mass is 16.5. The minimum absolute atomic E-state index is 0.469. The molecule has 0 saturated heterocycles. The van der Waals surface area contributed by atoms with Crippen molar-refractivity contribution in [3.05, 3.63) is 24.0 Å². The van der Waals surface area contributed by atoms with E-state index in [1.165, 1.54) is 19.5 Å². The third-order valence-electron chi connectivity index (χ3n) is 1.31. The third-order valence-corrected chi connectivity index (χ3v) is 1.31. The molecule has 1 heterocycles. The predicted octanol–water partition coefficient (Wildman–Crippen LogP) is 0.526. The van der Waals surface area contributed by atoms with E-state index < -0.39 is 5.97 Å². The molecule has 0 aliphatic carbocycles. The van der Waals surface area contributed by atoms with Gasteiger partial charge < -0.3 is 9.84 Å². The van der Waals surface area contributed by atoms with Crippen molar-refractivity contribution in [2.24, 2.45) is 0 Å². The second kappa shape index (κ2) is 4.12. The van der Waals surface area contributed by atoms with Crippen LogP contribution >= 0.6 is 0 Å². The summed E-state index contributed by atoms with van der Waals surface area (Å²) in [5.41, 5.74) is 0.514. The van der Waals surface area contributed by atoms with Gasteiger partial charge >= 0.3 is 5.97 Å². The number of aliphatic carboxylic acids is 1. The molecule has 4 nitrogen and oxygen atoms in total. The Bertz CT molecular complexity index is 376. The van der Waals surface area contributed by atoms with Gasteiger partial charge in [-0.05, 0) is 6.07 Å². The van der Waals surface area contributed by atoms with Crippen molar-refractivity contribution in [1.29, 1.82) is 0 Å². The van der Waals surface area contributed by atoms with Crippen LogP contribution < -0.4 is 4.74 Å². The molecule has 0 radical (unpaired) electrons. The summed E-state index contributed by atoms with van der Waals surface area (Å²) >= 11 is 0. The number of aromatic nitrogens is 1. The van der Waals surface area contributed by atoms with E-state index in [1.54, 1.807) is 6.07 Å². The zero-order chi connectivity index (χ0) is 9.68. The zero-order valence-corrected chi connectivity index (χ0v) is 6.94. The Balaban J connectivity index is 3.02. The number of carboxylic acid groups (broad SMARTS) is 1. The quantitative estimate of drug-likeness (QED) is 0.635. The Morgan fingerprint density at radius 2 is 2.46 bits per heavy atom. The summed E-state index contributed by atoms with van der Waals surface area (Å²) in [5, 5.41) is 8.31. The number of nitrogens with zero attached hydrogens (tertiary/aromatic N) is 1. The number of methoxy groups -OCH3 is 1. The topological polar surface area (TPSA) is 59.4 Å². The van der Waals surface area contributed by atoms with Crippen molar-refractivity contribution >= 4 is 5.97 Å². The molecule has 1 rings (SSSR count). The number of pyridine rings is 1. The number of carboxylic acids is 1. The fraction of sp³-hybridized carbons (Fsp3) is 0.111. The van der Waals surface area contributed by atoms with Gasteiger partial charge in [0.15, 0.2) is 5.75 Å². The lowest BCUT2D eigenvalue weighted by Crippen LogP contribution is -1.91. The summed E-state index contributed by atoms with van der Waals surface area (Å²) in [6, 6.07) is 1.59. The van der Waals surface area contributed by atoms with E-state index in [0.29, 0.717) is 11.3 Å². The minimum atomic E-state index is -1.17. The van der Waals surface area contributed by atoms with Crippen molar-refractivity contribution in [3.8, 4) is 17.6 Å². The number of carbonyl (C=O) groups is 1. The second-order valence-electron chi connectivity index (χ2n) is 2.13. The van der Waals surface area contributed by atoms with E-state index in [0.717, 1.165) is 0 Å². The fourth-order valence-electron chi connectivity index (χ4n) is 0.767.